The van der Waals surface area contributed by atoms with Gasteiger partial charge in [0.15, 0.2) is 0 Å². The molecule has 4 aromatic rings. The maximum atomic E-state index is 11.2. The average Bonchev–Trinajstić information content (AvgIpc) is 3.38. The standard InChI is InChI=1S/C33H33NO5S/c1-3-4-25(17-33(35)36)26-6-10-32(34-18-26)39-20-24-5-9-31-29(16-24)30(21-40-31)28-8-7-27(15-22(28)2)38-19-23-11-13-37-14-12-23/h5-10,15-16,18,21,23,25H,11-14,17,19-20H2,1-2H3,(H,35,36)/t25-/m1/s1. The molecule has 1 aliphatic rings. The van der Waals surface area contributed by atoms with E-state index in [4.69, 9.17) is 19.3 Å². The largest absolute Gasteiger partial charge is 0.493 e. The number of ether oxygens (including phenoxy) is 3. The number of benzene rings is 2. The molecule has 6 nitrogen and oxygen atoms in total. The van der Waals surface area contributed by atoms with E-state index in [0.29, 0.717) is 18.4 Å². The van der Waals surface area contributed by atoms with E-state index in [0.717, 1.165) is 49.5 Å². The predicted molar refractivity (Wildman–Crippen MR) is 158 cm³/mol. The van der Waals surface area contributed by atoms with Crippen LogP contribution in [0.25, 0.3) is 21.2 Å². The van der Waals surface area contributed by atoms with Crippen LogP contribution in [0.4, 0.5) is 0 Å². The fourth-order valence-corrected chi connectivity index (χ4v) is 5.91. The van der Waals surface area contributed by atoms with Crippen molar-refractivity contribution in [1.29, 1.82) is 0 Å². The third kappa shape index (κ3) is 6.82. The molecule has 1 fully saturated rings. The summed E-state index contributed by atoms with van der Waals surface area (Å²) in [6.07, 6.45) is 3.71. The van der Waals surface area contributed by atoms with Gasteiger partial charge < -0.3 is 19.3 Å². The average molecular weight is 556 g/mol. The molecular formula is C33H33NO5S. The Hall–Kier alpha value is -3.86. The first-order valence-corrected chi connectivity index (χ1v) is 14.4. The molecule has 2 aromatic heterocycles. The smallest absolute Gasteiger partial charge is 0.304 e. The summed E-state index contributed by atoms with van der Waals surface area (Å²) in [5.41, 5.74) is 5.41. The van der Waals surface area contributed by atoms with E-state index in [1.165, 1.54) is 26.8 Å². The van der Waals surface area contributed by atoms with Crippen molar-refractivity contribution in [1.82, 2.24) is 4.98 Å². The van der Waals surface area contributed by atoms with Crippen LogP contribution in [-0.2, 0) is 16.1 Å². The Kier molecular flexibility index (Phi) is 9.00. The lowest BCUT2D eigenvalue weighted by Crippen LogP contribution is -2.21. The summed E-state index contributed by atoms with van der Waals surface area (Å²) >= 11 is 1.74. The number of aromatic nitrogens is 1. The highest BCUT2D eigenvalue weighted by Gasteiger charge is 2.16. The molecular weight excluding hydrogens is 522 g/mol. The Bertz CT molecular complexity index is 1530. The Morgan fingerprint density at radius 2 is 1.98 bits per heavy atom. The lowest BCUT2D eigenvalue weighted by atomic mass is 9.98. The summed E-state index contributed by atoms with van der Waals surface area (Å²) in [6, 6.07) is 16.4. The van der Waals surface area contributed by atoms with Crippen LogP contribution in [0.15, 0.2) is 60.1 Å². The van der Waals surface area contributed by atoms with Crippen LogP contribution in [0, 0.1) is 24.7 Å². The van der Waals surface area contributed by atoms with Gasteiger partial charge in [-0.15, -0.1) is 17.3 Å². The molecule has 0 amide bonds. The third-order valence-corrected chi connectivity index (χ3v) is 8.16. The quantitative estimate of drug-likeness (QED) is 0.208. The van der Waals surface area contributed by atoms with Gasteiger partial charge in [-0.3, -0.25) is 4.79 Å². The summed E-state index contributed by atoms with van der Waals surface area (Å²) < 4.78 is 18.8. The maximum Gasteiger partial charge on any atom is 0.304 e. The third-order valence-electron chi connectivity index (χ3n) is 7.20. The Balaban J connectivity index is 1.26. The van der Waals surface area contributed by atoms with E-state index in [-0.39, 0.29) is 12.3 Å². The minimum absolute atomic E-state index is 0.0583. The number of hydrogen-bond acceptors (Lipinski definition) is 6. The van der Waals surface area contributed by atoms with Gasteiger partial charge in [0.25, 0.3) is 0 Å². The molecule has 7 heteroatoms. The number of carboxylic acid groups (broad SMARTS) is 1. The fraction of sp³-hybridized carbons (Fsp3) is 0.333. The number of nitrogens with zero attached hydrogens (tertiary/aromatic N) is 1. The topological polar surface area (TPSA) is 77.9 Å². The van der Waals surface area contributed by atoms with Gasteiger partial charge >= 0.3 is 5.97 Å². The minimum atomic E-state index is -0.888. The SMILES string of the molecule is CC#C[C@H](CC(=O)O)c1ccc(OCc2ccc3scc(-c4ccc(OCC5CCOCC5)cc4C)c3c2)nc1. The Morgan fingerprint density at radius 1 is 1.12 bits per heavy atom. The molecule has 0 radical (unpaired) electrons. The van der Waals surface area contributed by atoms with E-state index in [9.17, 15) is 4.79 Å². The van der Waals surface area contributed by atoms with Crippen LogP contribution in [0.1, 0.15) is 48.8 Å². The van der Waals surface area contributed by atoms with Crippen molar-refractivity contribution < 1.29 is 24.1 Å². The van der Waals surface area contributed by atoms with Crippen molar-refractivity contribution in [3.8, 4) is 34.6 Å². The van der Waals surface area contributed by atoms with Gasteiger partial charge in [-0.2, -0.15) is 0 Å². The van der Waals surface area contributed by atoms with Crippen molar-refractivity contribution in [2.45, 2.75) is 45.6 Å². The van der Waals surface area contributed by atoms with E-state index in [1.807, 2.05) is 6.07 Å². The number of aliphatic carboxylic acids is 1. The Labute approximate surface area is 238 Å². The van der Waals surface area contributed by atoms with Crippen LogP contribution >= 0.6 is 11.3 Å². The number of thiophene rings is 1. The summed E-state index contributed by atoms with van der Waals surface area (Å²) in [7, 11) is 0. The fourth-order valence-electron chi connectivity index (χ4n) is 4.97. The first-order chi connectivity index (χ1) is 19.5. The number of pyridine rings is 1. The highest BCUT2D eigenvalue weighted by molar-refractivity contribution is 7.17. The van der Waals surface area contributed by atoms with Gasteiger partial charge in [0.2, 0.25) is 5.88 Å². The van der Waals surface area contributed by atoms with Gasteiger partial charge in [-0.05, 0) is 84.5 Å². The molecule has 206 valence electrons. The molecule has 0 bridgehead atoms. The zero-order valence-electron chi connectivity index (χ0n) is 22.8. The van der Waals surface area contributed by atoms with E-state index in [1.54, 1.807) is 30.5 Å². The van der Waals surface area contributed by atoms with Crippen LogP contribution in [-0.4, -0.2) is 35.9 Å². The zero-order chi connectivity index (χ0) is 27.9. The number of carbonyl (C=O) groups is 1. The minimum Gasteiger partial charge on any atom is -0.493 e. The lowest BCUT2D eigenvalue weighted by Gasteiger charge is -2.22. The molecule has 1 aliphatic heterocycles. The van der Waals surface area contributed by atoms with Crippen LogP contribution < -0.4 is 9.47 Å². The molecule has 3 heterocycles. The molecule has 2 aromatic carbocycles. The number of aryl methyl sites for hydroxylation is 1. The van der Waals surface area contributed by atoms with Crippen molar-refractivity contribution in [3.63, 3.8) is 0 Å². The van der Waals surface area contributed by atoms with Crippen molar-refractivity contribution >= 4 is 27.4 Å². The van der Waals surface area contributed by atoms with E-state index in [2.05, 4.69) is 65.5 Å². The maximum absolute atomic E-state index is 11.2. The molecule has 0 unspecified atom stereocenters. The van der Waals surface area contributed by atoms with Gasteiger partial charge in [-0.1, -0.05) is 24.1 Å². The number of fused-ring (bicyclic) bond motifs is 1. The number of hydrogen-bond donors (Lipinski definition) is 1. The van der Waals surface area contributed by atoms with Gasteiger partial charge in [0.05, 0.1) is 18.9 Å². The van der Waals surface area contributed by atoms with Crippen LogP contribution in [0.2, 0.25) is 0 Å². The summed E-state index contributed by atoms with van der Waals surface area (Å²) in [5.74, 6) is 6.43. The van der Waals surface area contributed by atoms with Crippen molar-refractivity contribution in [3.05, 3.63) is 76.8 Å². The molecule has 1 saturated heterocycles. The van der Waals surface area contributed by atoms with Crippen molar-refractivity contribution in [2.24, 2.45) is 5.92 Å². The van der Waals surface area contributed by atoms with E-state index >= 15 is 0 Å². The summed E-state index contributed by atoms with van der Waals surface area (Å²) in [4.78, 5) is 15.6. The van der Waals surface area contributed by atoms with Gasteiger partial charge in [0.1, 0.15) is 12.4 Å². The Morgan fingerprint density at radius 3 is 2.70 bits per heavy atom. The molecule has 1 N–H and O–H groups in total. The molecule has 5 rings (SSSR count). The monoisotopic (exact) mass is 555 g/mol. The highest BCUT2D eigenvalue weighted by atomic mass is 32.1. The van der Waals surface area contributed by atoms with Crippen molar-refractivity contribution in [2.75, 3.05) is 19.8 Å². The first kappa shape index (κ1) is 27.7. The summed E-state index contributed by atoms with van der Waals surface area (Å²) in [5, 5.41) is 12.6. The lowest BCUT2D eigenvalue weighted by molar-refractivity contribution is -0.137. The molecule has 0 saturated carbocycles. The van der Waals surface area contributed by atoms with Crippen LogP contribution in [0.3, 0.4) is 0 Å². The second kappa shape index (κ2) is 13.0. The molecule has 0 aliphatic carbocycles. The first-order valence-electron chi connectivity index (χ1n) is 13.5. The molecule has 0 spiro atoms. The molecule has 1 atom stereocenters. The highest BCUT2D eigenvalue weighted by Crippen LogP contribution is 2.37. The van der Waals surface area contributed by atoms with E-state index < -0.39 is 5.97 Å². The summed E-state index contributed by atoms with van der Waals surface area (Å²) in [6.45, 7) is 6.61. The number of carboxylic acids is 1. The second-order valence-electron chi connectivity index (χ2n) is 10.1. The normalized spacial score (nSPS) is 14.3. The van der Waals surface area contributed by atoms with Crippen LogP contribution in [0.5, 0.6) is 11.6 Å². The van der Waals surface area contributed by atoms with Gasteiger partial charge in [0, 0.05) is 41.1 Å². The predicted octanol–water partition coefficient (Wildman–Crippen LogP) is 7.24. The zero-order valence-corrected chi connectivity index (χ0v) is 23.6. The van der Waals surface area contributed by atoms with Gasteiger partial charge in [-0.25, -0.2) is 4.98 Å². The second-order valence-corrected chi connectivity index (χ2v) is 11.0. The number of rotatable bonds is 10. The molecule has 40 heavy (non-hydrogen) atoms.